The van der Waals surface area contributed by atoms with Gasteiger partial charge >= 0.3 is 0 Å². The van der Waals surface area contributed by atoms with Gasteiger partial charge in [0.2, 0.25) is 0 Å². The first kappa shape index (κ1) is 14.1. The van der Waals surface area contributed by atoms with E-state index in [-0.39, 0.29) is 0 Å². The Kier molecular flexibility index (Phi) is 3.69. The second kappa shape index (κ2) is 5.50. The zero-order chi connectivity index (χ0) is 15.0. The number of benzene rings is 1. The first-order valence-corrected chi connectivity index (χ1v) is 8.10. The quantitative estimate of drug-likeness (QED) is 0.632. The van der Waals surface area contributed by atoms with Gasteiger partial charge in [0.25, 0.3) is 0 Å². The SMILES string of the molecule is C=C1/C(=C(C)\C=C(/C)c2ccc(C)s2)Cc2ccccc21. The molecule has 0 radical (unpaired) electrons. The number of thiophene rings is 1. The number of allylic oxidation sites excluding steroid dienone is 5. The Balaban J connectivity index is 1.95. The Morgan fingerprint density at radius 3 is 2.57 bits per heavy atom. The van der Waals surface area contributed by atoms with Crippen LogP contribution < -0.4 is 0 Å². The van der Waals surface area contributed by atoms with Crippen molar-refractivity contribution in [1.29, 1.82) is 0 Å². The molecule has 1 aromatic heterocycles. The topological polar surface area (TPSA) is 0 Å². The smallest absolute Gasteiger partial charge is 0.0302 e. The minimum Gasteiger partial charge on any atom is -0.141 e. The lowest BCUT2D eigenvalue weighted by atomic mass is 10.0. The van der Waals surface area contributed by atoms with Crippen molar-refractivity contribution in [2.75, 3.05) is 0 Å². The summed E-state index contributed by atoms with van der Waals surface area (Å²) in [5.41, 5.74) is 7.94. The van der Waals surface area contributed by atoms with E-state index in [0.29, 0.717) is 0 Å². The molecule has 0 nitrogen and oxygen atoms in total. The van der Waals surface area contributed by atoms with Crippen LogP contribution in [0.3, 0.4) is 0 Å². The molecule has 0 fully saturated rings. The molecule has 1 aliphatic rings. The highest BCUT2D eigenvalue weighted by Crippen LogP contribution is 2.38. The van der Waals surface area contributed by atoms with Gasteiger partial charge in [-0.25, -0.2) is 0 Å². The maximum absolute atomic E-state index is 4.30. The van der Waals surface area contributed by atoms with Gasteiger partial charge in [-0.05, 0) is 72.7 Å². The third-order valence-electron chi connectivity index (χ3n) is 4.11. The number of fused-ring (bicyclic) bond motifs is 1. The Morgan fingerprint density at radius 2 is 1.90 bits per heavy atom. The van der Waals surface area contributed by atoms with Gasteiger partial charge in [0, 0.05) is 9.75 Å². The largest absolute Gasteiger partial charge is 0.141 e. The second-order valence-electron chi connectivity index (χ2n) is 5.71. The van der Waals surface area contributed by atoms with Crippen LogP contribution in [0, 0.1) is 6.92 Å². The fourth-order valence-electron chi connectivity index (χ4n) is 2.94. The van der Waals surface area contributed by atoms with Crippen LogP contribution in [-0.2, 0) is 6.42 Å². The average molecular weight is 292 g/mol. The van der Waals surface area contributed by atoms with E-state index in [1.807, 2.05) is 11.3 Å². The molecule has 0 bridgehead atoms. The zero-order valence-corrected chi connectivity index (χ0v) is 13.7. The van der Waals surface area contributed by atoms with Crippen molar-refractivity contribution in [1.82, 2.24) is 0 Å². The monoisotopic (exact) mass is 292 g/mol. The fourth-order valence-corrected chi connectivity index (χ4v) is 3.77. The summed E-state index contributed by atoms with van der Waals surface area (Å²) < 4.78 is 0. The molecule has 0 saturated heterocycles. The molecule has 3 rings (SSSR count). The van der Waals surface area contributed by atoms with Crippen molar-refractivity contribution >= 4 is 22.5 Å². The fraction of sp³-hybridized carbons (Fsp3) is 0.200. The van der Waals surface area contributed by atoms with E-state index in [0.717, 1.165) is 6.42 Å². The summed E-state index contributed by atoms with van der Waals surface area (Å²) in [7, 11) is 0. The van der Waals surface area contributed by atoms with Crippen molar-refractivity contribution in [2.24, 2.45) is 0 Å². The number of hydrogen-bond donors (Lipinski definition) is 0. The van der Waals surface area contributed by atoms with E-state index in [2.05, 4.69) is 69.8 Å². The molecule has 1 heterocycles. The van der Waals surface area contributed by atoms with E-state index >= 15 is 0 Å². The molecule has 0 unspecified atom stereocenters. The molecular formula is C20H20S. The maximum atomic E-state index is 4.30. The van der Waals surface area contributed by atoms with Gasteiger partial charge in [0.15, 0.2) is 0 Å². The van der Waals surface area contributed by atoms with Crippen LogP contribution in [0.15, 0.2) is 60.2 Å². The van der Waals surface area contributed by atoms with E-state index in [4.69, 9.17) is 0 Å². The third-order valence-corrected chi connectivity index (χ3v) is 5.25. The van der Waals surface area contributed by atoms with Crippen LogP contribution in [0.1, 0.15) is 34.7 Å². The van der Waals surface area contributed by atoms with Crippen LogP contribution in [-0.4, -0.2) is 0 Å². The first-order chi connectivity index (χ1) is 10.1. The van der Waals surface area contributed by atoms with Crippen LogP contribution in [0.4, 0.5) is 0 Å². The van der Waals surface area contributed by atoms with Gasteiger partial charge in [-0.3, -0.25) is 0 Å². The molecule has 0 spiro atoms. The highest BCUT2D eigenvalue weighted by atomic mass is 32.1. The van der Waals surface area contributed by atoms with Crippen LogP contribution >= 0.6 is 11.3 Å². The Hall–Kier alpha value is -1.86. The van der Waals surface area contributed by atoms with Crippen molar-refractivity contribution in [3.63, 3.8) is 0 Å². The molecule has 0 N–H and O–H groups in total. The van der Waals surface area contributed by atoms with Crippen LogP contribution in [0.2, 0.25) is 0 Å². The lowest BCUT2D eigenvalue weighted by Crippen LogP contribution is -1.86. The van der Waals surface area contributed by atoms with E-state index in [1.165, 1.54) is 43.2 Å². The van der Waals surface area contributed by atoms with Gasteiger partial charge in [-0.2, -0.15) is 0 Å². The summed E-state index contributed by atoms with van der Waals surface area (Å²) in [6, 6.07) is 13.0. The minimum atomic E-state index is 1.01. The zero-order valence-electron chi connectivity index (χ0n) is 12.9. The summed E-state index contributed by atoms with van der Waals surface area (Å²) in [5.74, 6) is 0. The van der Waals surface area contributed by atoms with Crippen molar-refractivity contribution in [3.8, 4) is 0 Å². The highest BCUT2D eigenvalue weighted by Gasteiger charge is 2.20. The predicted octanol–water partition coefficient (Wildman–Crippen LogP) is 6.05. The number of aryl methyl sites for hydroxylation is 1. The Labute approximate surface area is 131 Å². The van der Waals surface area contributed by atoms with Gasteiger partial charge in [-0.15, -0.1) is 11.3 Å². The third kappa shape index (κ3) is 2.66. The van der Waals surface area contributed by atoms with E-state index < -0.39 is 0 Å². The summed E-state index contributed by atoms with van der Waals surface area (Å²) in [6.07, 6.45) is 3.31. The van der Waals surface area contributed by atoms with Crippen molar-refractivity contribution < 1.29 is 0 Å². The predicted molar refractivity (Wildman–Crippen MR) is 94.6 cm³/mol. The standard InChI is InChI=1S/C20H20S/c1-13(11-14(2)20-10-9-15(3)21-20)19-12-17-7-5-6-8-18(17)16(19)4/h5-11H,4,12H2,1-3H3/b14-11+,19-13-. The number of hydrogen-bond acceptors (Lipinski definition) is 1. The second-order valence-corrected chi connectivity index (χ2v) is 7.00. The van der Waals surface area contributed by atoms with Gasteiger partial charge in [-0.1, -0.05) is 36.9 Å². The summed E-state index contributed by atoms with van der Waals surface area (Å²) in [6.45, 7) is 10.9. The molecule has 21 heavy (non-hydrogen) atoms. The highest BCUT2D eigenvalue weighted by molar-refractivity contribution is 7.13. The molecule has 1 aliphatic carbocycles. The van der Waals surface area contributed by atoms with Crippen molar-refractivity contribution in [2.45, 2.75) is 27.2 Å². The van der Waals surface area contributed by atoms with Crippen LogP contribution in [0.5, 0.6) is 0 Å². The van der Waals surface area contributed by atoms with Gasteiger partial charge < -0.3 is 0 Å². The Bertz CT molecular complexity index is 769. The number of rotatable bonds is 2. The van der Waals surface area contributed by atoms with Crippen molar-refractivity contribution in [3.05, 3.63) is 81.1 Å². The lowest BCUT2D eigenvalue weighted by Gasteiger charge is -2.05. The normalized spacial score (nSPS) is 17.1. The molecule has 1 aromatic carbocycles. The molecule has 0 atom stereocenters. The summed E-state index contributed by atoms with van der Waals surface area (Å²) in [4.78, 5) is 2.72. The van der Waals surface area contributed by atoms with E-state index in [9.17, 15) is 0 Å². The first-order valence-electron chi connectivity index (χ1n) is 7.28. The summed E-state index contributed by atoms with van der Waals surface area (Å²) >= 11 is 1.86. The molecule has 106 valence electrons. The van der Waals surface area contributed by atoms with Gasteiger partial charge in [0.1, 0.15) is 0 Å². The average Bonchev–Trinajstić information content (AvgIpc) is 3.04. The Morgan fingerprint density at radius 1 is 1.14 bits per heavy atom. The van der Waals surface area contributed by atoms with Crippen LogP contribution in [0.25, 0.3) is 11.1 Å². The van der Waals surface area contributed by atoms with E-state index in [1.54, 1.807) is 0 Å². The maximum Gasteiger partial charge on any atom is 0.0302 e. The van der Waals surface area contributed by atoms with Gasteiger partial charge in [0.05, 0.1) is 0 Å². The molecule has 0 saturated carbocycles. The minimum absolute atomic E-state index is 1.01. The molecule has 0 aliphatic heterocycles. The summed E-state index contributed by atoms with van der Waals surface area (Å²) in [5, 5.41) is 0. The molecule has 2 aromatic rings. The molecule has 1 heteroatoms. The lowest BCUT2D eigenvalue weighted by molar-refractivity contribution is 1.23. The molecule has 0 amide bonds. The molecular weight excluding hydrogens is 272 g/mol.